The molecule has 0 spiro atoms. The van der Waals surface area contributed by atoms with Crippen LogP contribution in [0.2, 0.25) is 0 Å². The van der Waals surface area contributed by atoms with E-state index in [1.165, 1.54) is 11.1 Å². The van der Waals surface area contributed by atoms with Gasteiger partial charge in [0.2, 0.25) is 0 Å². The first kappa shape index (κ1) is 10.9. The van der Waals surface area contributed by atoms with Crippen molar-refractivity contribution in [1.82, 2.24) is 0 Å². The number of hydrogen-bond donors (Lipinski definition) is 1. The Hall–Kier alpha value is -1.22. The molecule has 0 aliphatic carbocycles. The van der Waals surface area contributed by atoms with E-state index in [1.807, 2.05) is 26.0 Å². The van der Waals surface area contributed by atoms with Crippen LogP contribution in [-0.4, -0.2) is 20.3 Å². The van der Waals surface area contributed by atoms with Gasteiger partial charge in [-0.3, -0.25) is 0 Å². The Morgan fingerprint density at radius 2 is 1.71 bits per heavy atom. The predicted octanol–water partition coefficient (Wildman–Crippen LogP) is 1.65. The molecule has 3 heteroatoms. The van der Waals surface area contributed by atoms with E-state index in [1.54, 1.807) is 7.11 Å². The van der Waals surface area contributed by atoms with Gasteiger partial charge < -0.3 is 15.2 Å². The van der Waals surface area contributed by atoms with Crippen molar-refractivity contribution < 1.29 is 9.47 Å². The monoisotopic (exact) mass is 195 g/mol. The summed E-state index contributed by atoms with van der Waals surface area (Å²) in [6.45, 7) is 5.11. The standard InChI is InChI=1S/C11H17NO2/c1-8-6-10(13-3)11(7-9(8)2)14-5-4-12/h6-7H,4-5,12H2,1-3H3. The van der Waals surface area contributed by atoms with Crippen LogP contribution in [0, 0.1) is 13.8 Å². The molecule has 0 aliphatic heterocycles. The first-order valence-electron chi connectivity index (χ1n) is 4.67. The van der Waals surface area contributed by atoms with Gasteiger partial charge in [0.25, 0.3) is 0 Å². The quantitative estimate of drug-likeness (QED) is 0.794. The maximum atomic E-state index is 5.46. The second-order valence-corrected chi connectivity index (χ2v) is 3.22. The fourth-order valence-corrected chi connectivity index (χ4v) is 1.20. The molecule has 0 unspecified atom stereocenters. The molecule has 0 aromatic heterocycles. The Labute approximate surface area is 84.8 Å². The third-order valence-corrected chi connectivity index (χ3v) is 2.16. The highest BCUT2D eigenvalue weighted by Gasteiger charge is 2.06. The van der Waals surface area contributed by atoms with Gasteiger partial charge in [0, 0.05) is 6.54 Å². The normalized spacial score (nSPS) is 10.0. The van der Waals surface area contributed by atoms with Crippen LogP contribution in [0.1, 0.15) is 11.1 Å². The highest BCUT2D eigenvalue weighted by atomic mass is 16.5. The molecule has 0 atom stereocenters. The van der Waals surface area contributed by atoms with Gasteiger partial charge in [0.05, 0.1) is 7.11 Å². The Kier molecular flexibility index (Phi) is 3.77. The van der Waals surface area contributed by atoms with Crippen LogP contribution in [0.4, 0.5) is 0 Å². The van der Waals surface area contributed by atoms with E-state index in [9.17, 15) is 0 Å². The van der Waals surface area contributed by atoms with Crippen LogP contribution in [0.25, 0.3) is 0 Å². The summed E-state index contributed by atoms with van der Waals surface area (Å²) in [6.07, 6.45) is 0. The summed E-state index contributed by atoms with van der Waals surface area (Å²) in [6, 6.07) is 3.95. The molecule has 0 amide bonds. The summed E-state index contributed by atoms with van der Waals surface area (Å²) < 4.78 is 10.7. The molecule has 0 saturated carbocycles. The van der Waals surface area contributed by atoms with Crippen LogP contribution in [0.3, 0.4) is 0 Å². The second kappa shape index (κ2) is 4.86. The van der Waals surface area contributed by atoms with E-state index in [2.05, 4.69) is 0 Å². The summed E-state index contributed by atoms with van der Waals surface area (Å²) in [5.41, 5.74) is 7.76. The van der Waals surface area contributed by atoms with Crippen LogP contribution in [0.15, 0.2) is 12.1 Å². The molecule has 0 bridgehead atoms. The summed E-state index contributed by atoms with van der Waals surface area (Å²) >= 11 is 0. The zero-order chi connectivity index (χ0) is 10.6. The Morgan fingerprint density at radius 3 is 2.21 bits per heavy atom. The smallest absolute Gasteiger partial charge is 0.161 e. The molecule has 2 N–H and O–H groups in total. The predicted molar refractivity (Wildman–Crippen MR) is 57.0 cm³/mol. The molecular formula is C11H17NO2. The minimum Gasteiger partial charge on any atom is -0.493 e. The summed E-state index contributed by atoms with van der Waals surface area (Å²) in [5.74, 6) is 1.53. The average molecular weight is 195 g/mol. The number of aryl methyl sites for hydroxylation is 2. The average Bonchev–Trinajstić information content (AvgIpc) is 2.19. The van der Waals surface area contributed by atoms with E-state index in [-0.39, 0.29) is 0 Å². The van der Waals surface area contributed by atoms with Gasteiger partial charge in [-0.25, -0.2) is 0 Å². The van der Waals surface area contributed by atoms with Gasteiger partial charge in [0.15, 0.2) is 11.5 Å². The molecule has 0 fully saturated rings. The lowest BCUT2D eigenvalue weighted by Gasteiger charge is -2.12. The van der Waals surface area contributed by atoms with Gasteiger partial charge in [-0.05, 0) is 37.1 Å². The van der Waals surface area contributed by atoms with Crippen LogP contribution in [-0.2, 0) is 0 Å². The highest BCUT2D eigenvalue weighted by Crippen LogP contribution is 2.29. The van der Waals surface area contributed by atoms with Crippen LogP contribution in [0.5, 0.6) is 11.5 Å². The van der Waals surface area contributed by atoms with Crippen molar-refractivity contribution in [3.63, 3.8) is 0 Å². The van der Waals surface area contributed by atoms with Crippen LogP contribution >= 0.6 is 0 Å². The molecule has 0 saturated heterocycles. The van der Waals surface area contributed by atoms with Crippen molar-refractivity contribution in [2.45, 2.75) is 13.8 Å². The maximum Gasteiger partial charge on any atom is 0.161 e. The lowest BCUT2D eigenvalue weighted by Crippen LogP contribution is -2.11. The van der Waals surface area contributed by atoms with Gasteiger partial charge in [-0.15, -0.1) is 0 Å². The summed E-state index contributed by atoms with van der Waals surface area (Å²) in [4.78, 5) is 0. The fraction of sp³-hybridized carbons (Fsp3) is 0.455. The molecule has 1 rings (SSSR count). The van der Waals surface area contributed by atoms with Gasteiger partial charge in [-0.1, -0.05) is 0 Å². The Bertz CT molecular complexity index is 310. The molecular weight excluding hydrogens is 178 g/mol. The van der Waals surface area contributed by atoms with Crippen molar-refractivity contribution in [1.29, 1.82) is 0 Å². The lowest BCUT2D eigenvalue weighted by atomic mass is 10.1. The molecule has 78 valence electrons. The van der Waals surface area contributed by atoms with Crippen molar-refractivity contribution in [2.75, 3.05) is 20.3 Å². The van der Waals surface area contributed by atoms with Crippen LogP contribution < -0.4 is 15.2 Å². The minimum atomic E-state index is 0.510. The zero-order valence-electron chi connectivity index (χ0n) is 8.96. The summed E-state index contributed by atoms with van der Waals surface area (Å²) in [5, 5.41) is 0. The van der Waals surface area contributed by atoms with Gasteiger partial charge in [0.1, 0.15) is 6.61 Å². The van der Waals surface area contributed by atoms with E-state index in [0.29, 0.717) is 13.2 Å². The molecule has 0 radical (unpaired) electrons. The molecule has 0 aliphatic rings. The third kappa shape index (κ3) is 2.39. The molecule has 1 aromatic carbocycles. The number of hydrogen-bond acceptors (Lipinski definition) is 3. The first-order chi connectivity index (χ1) is 6.69. The Balaban J connectivity index is 2.95. The zero-order valence-corrected chi connectivity index (χ0v) is 8.96. The second-order valence-electron chi connectivity index (χ2n) is 3.22. The Morgan fingerprint density at radius 1 is 1.14 bits per heavy atom. The van der Waals surface area contributed by atoms with Crippen molar-refractivity contribution in [3.05, 3.63) is 23.3 Å². The van der Waals surface area contributed by atoms with E-state index < -0.39 is 0 Å². The third-order valence-electron chi connectivity index (χ3n) is 2.16. The molecule has 1 aromatic rings. The minimum absolute atomic E-state index is 0.510. The SMILES string of the molecule is COc1cc(C)c(C)cc1OCCN. The number of nitrogens with two attached hydrogens (primary N) is 1. The largest absolute Gasteiger partial charge is 0.493 e. The topological polar surface area (TPSA) is 44.5 Å². The number of benzene rings is 1. The maximum absolute atomic E-state index is 5.46. The van der Waals surface area contributed by atoms with Crippen molar-refractivity contribution in [3.8, 4) is 11.5 Å². The number of rotatable bonds is 4. The van der Waals surface area contributed by atoms with E-state index in [4.69, 9.17) is 15.2 Å². The molecule has 0 heterocycles. The van der Waals surface area contributed by atoms with Crippen molar-refractivity contribution in [2.24, 2.45) is 5.73 Å². The van der Waals surface area contributed by atoms with Gasteiger partial charge in [-0.2, -0.15) is 0 Å². The van der Waals surface area contributed by atoms with E-state index >= 15 is 0 Å². The van der Waals surface area contributed by atoms with Crippen molar-refractivity contribution >= 4 is 0 Å². The number of methoxy groups -OCH3 is 1. The summed E-state index contributed by atoms with van der Waals surface area (Å²) in [7, 11) is 1.64. The fourth-order valence-electron chi connectivity index (χ4n) is 1.20. The molecule has 14 heavy (non-hydrogen) atoms. The van der Waals surface area contributed by atoms with E-state index in [0.717, 1.165) is 11.5 Å². The highest BCUT2D eigenvalue weighted by molar-refractivity contribution is 5.46. The van der Waals surface area contributed by atoms with Gasteiger partial charge >= 0.3 is 0 Å². The first-order valence-corrected chi connectivity index (χ1v) is 4.67. The molecule has 3 nitrogen and oxygen atoms in total. The lowest BCUT2D eigenvalue weighted by molar-refractivity contribution is 0.302. The number of ether oxygens (including phenoxy) is 2.